The van der Waals surface area contributed by atoms with Gasteiger partial charge in [-0.05, 0) is 42.2 Å². The molecule has 0 aromatic heterocycles. The molecule has 0 radical (unpaired) electrons. The van der Waals surface area contributed by atoms with Crippen molar-refractivity contribution in [1.82, 2.24) is 5.32 Å². The van der Waals surface area contributed by atoms with E-state index in [9.17, 15) is 15.0 Å². The van der Waals surface area contributed by atoms with E-state index in [0.717, 1.165) is 22.4 Å². The third-order valence-corrected chi connectivity index (χ3v) is 5.13. The van der Waals surface area contributed by atoms with Crippen molar-refractivity contribution >= 4 is 5.91 Å². The minimum atomic E-state index is -0.973. The second-order valence-corrected chi connectivity index (χ2v) is 6.87. The van der Waals surface area contributed by atoms with Gasteiger partial charge in [0.15, 0.2) is 0 Å². The number of aliphatic hydroxyl groups is 2. The van der Waals surface area contributed by atoms with Crippen LogP contribution in [-0.2, 0) is 11.2 Å². The van der Waals surface area contributed by atoms with Gasteiger partial charge in [0.1, 0.15) is 11.9 Å². The summed E-state index contributed by atoms with van der Waals surface area (Å²) in [7, 11) is 1.60. The normalized spacial score (nSPS) is 25.1. The van der Waals surface area contributed by atoms with E-state index in [2.05, 4.69) is 5.32 Å². The Morgan fingerprint density at radius 3 is 2.50 bits per heavy atom. The van der Waals surface area contributed by atoms with Crippen molar-refractivity contribution in [2.24, 2.45) is 0 Å². The lowest BCUT2D eigenvalue weighted by molar-refractivity contribution is -0.122. The number of ether oxygens (including phenoxy) is 1. The van der Waals surface area contributed by atoms with Gasteiger partial charge in [0, 0.05) is 5.92 Å². The average molecular weight is 355 g/mol. The molecule has 5 nitrogen and oxygen atoms in total. The lowest BCUT2D eigenvalue weighted by Gasteiger charge is -2.25. The Morgan fingerprint density at radius 2 is 1.85 bits per heavy atom. The van der Waals surface area contributed by atoms with Gasteiger partial charge in [0.2, 0.25) is 5.91 Å². The minimum Gasteiger partial charge on any atom is -0.497 e. The maximum atomic E-state index is 12.5. The molecule has 0 spiro atoms. The molecule has 138 valence electrons. The zero-order chi connectivity index (χ0) is 18.7. The Kier molecular flexibility index (Phi) is 5.59. The fourth-order valence-corrected chi connectivity index (χ4v) is 3.70. The molecule has 2 aromatic carbocycles. The maximum Gasteiger partial charge on any atom is 0.224 e. The largest absolute Gasteiger partial charge is 0.497 e. The van der Waals surface area contributed by atoms with Crippen LogP contribution in [-0.4, -0.2) is 41.5 Å². The molecule has 4 atom stereocenters. The number of methoxy groups -OCH3 is 1. The van der Waals surface area contributed by atoms with E-state index >= 15 is 0 Å². The molecule has 0 saturated heterocycles. The lowest BCUT2D eigenvalue weighted by Crippen LogP contribution is -2.45. The fraction of sp³-hybridized carbons (Fsp3) is 0.381. The number of carbonyl (C=O) groups excluding carboxylic acids is 1. The summed E-state index contributed by atoms with van der Waals surface area (Å²) < 4.78 is 5.12. The molecule has 1 amide bonds. The second kappa shape index (κ2) is 7.89. The molecule has 3 rings (SSSR count). The number of rotatable bonds is 5. The number of hydrogen-bond donors (Lipinski definition) is 3. The summed E-state index contributed by atoms with van der Waals surface area (Å²) in [5, 5.41) is 23.4. The molecule has 0 unspecified atom stereocenters. The third-order valence-electron chi connectivity index (χ3n) is 5.13. The molecule has 1 aliphatic rings. The molecule has 2 aromatic rings. The average Bonchev–Trinajstić information content (AvgIpc) is 2.91. The summed E-state index contributed by atoms with van der Waals surface area (Å²) in [4.78, 5) is 12.5. The monoisotopic (exact) mass is 355 g/mol. The number of aryl methyl sites for hydroxylation is 1. The van der Waals surface area contributed by atoms with Crippen molar-refractivity contribution in [2.45, 2.75) is 43.9 Å². The summed E-state index contributed by atoms with van der Waals surface area (Å²) in [6.45, 7) is 2.00. The number of carbonyl (C=O) groups is 1. The molecule has 0 bridgehead atoms. The fourth-order valence-electron chi connectivity index (χ4n) is 3.70. The van der Waals surface area contributed by atoms with Gasteiger partial charge >= 0.3 is 0 Å². The number of benzene rings is 2. The van der Waals surface area contributed by atoms with Crippen molar-refractivity contribution in [3.05, 3.63) is 65.2 Å². The highest BCUT2D eigenvalue weighted by Gasteiger charge is 2.43. The van der Waals surface area contributed by atoms with Gasteiger partial charge < -0.3 is 20.3 Å². The van der Waals surface area contributed by atoms with Crippen LogP contribution in [0.1, 0.15) is 29.0 Å². The van der Waals surface area contributed by atoms with Crippen LogP contribution in [0.25, 0.3) is 0 Å². The van der Waals surface area contributed by atoms with E-state index in [-0.39, 0.29) is 18.2 Å². The van der Waals surface area contributed by atoms with Gasteiger partial charge in [0.25, 0.3) is 0 Å². The summed E-state index contributed by atoms with van der Waals surface area (Å²) in [5.41, 5.74) is 3.01. The second-order valence-electron chi connectivity index (χ2n) is 6.87. The SMILES string of the molecule is COc1ccc(CC(=O)N[C@H]2[C@H](O)[C@H](O)C[C@@H]2c2ccccc2C)cc1. The van der Waals surface area contributed by atoms with Gasteiger partial charge in [-0.2, -0.15) is 0 Å². The van der Waals surface area contributed by atoms with Gasteiger partial charge in [-0.1, -0.05) is 36.4 Å². The van der Waals surface area contributed by atoms with Crippen LogP contribution < -0.4 is 10.1 Å². The van der Waals surface area contributed by atoms with Crippen molar-refractivity contribution in [2.75, 3.05) is 7.11 Å². The van der Waals surface area contributed by atoms with E-state index in [4.69, 9.17) is 4.74 Å². The van der Waals surface area contributed by atoms with Gasteiger partial charge in [-0.15, -0.1) is 0 Å². The first-order valence-electron chi connectivity index (χ1n) is 8.83. The Morgan fingerprint density at radius 1 is 1.15 bits per heavy atom. The Bertz CT molecular complexity index is 759. The van der Waals surface area contributed by atoms with Crippen molar-refractivity contribution < 1.29 is 19.7 Å². The van der Waals surface area contributed by atoms with Crippen LogP contribution in [0.5, 0.6) is 5.75 Å². The zero-order valence-corrected chi connectivity index (χ0v) is 15.1. The lowest BCUT2D eigenvalue weighted by atomic mass is 9.90. The van der Waals surface area contributed by atoms with Gasteiger partial charge in [-0.3, -0.25) is 4.79 Å². The molecule has 0 heterocycles. The van der Waals surface area contributed by atoms with Crippen LogP contribution >= 0.6 is 0 Å². The first-order valence-corrected chi connectivity index (χ1v) is 8.83. The molecule has 1 aliphatic carbocycles. The van der Waals surface area contributed by atoms with E-state index < -0.39 is 18.2 Å². The van der Waals surface area contributed by atoms with Gasteiger partial charge in [0.05, 0.1) is 25.7 Å². The molecule has 5 heteroatoms. The molecule has 1 saturated carbocycles. The minimum absolute atomic E-state index is 0.110. The van der Waals surface area contributed by atoms with E-state index in [0.29, 0.717) is 6.42 Å². The molecule has 26 heavy (non-hydrogen) atoms. The van der Waals surface area contributed by atoms with E-state index in [1.807, 2.05) is 55.5 Å². The molecule has 0 aliphatic heterocycles. The molecular formula is C21H25NO4. The predicted molar refractivity (Wildman–Crippen MR) is 99.2 cm³/mol. The molecule has 3 N–H and O–H groups in total. The van der Waals surface area contributed by atoms with Crippen molar-refractivity contribution in [3.8, 4) is 5.75 Å². The quantitative estimate of drug-likeness (QED) is 0.766. The summed E-state index contributed by atoms with van der Waals surface area (Å²) in [6, 6.07) is 14.7. The van der Waals surface area contributed by atoms with E-state index in [1.54, 1.807) is 7.11 Å². The zero-order valence-electron chi connectivity index (χ0n) is 15.1. The highest BCUT2D eigenvalue weighted by Crippen LogP contribution is 2.36. The van der Waals surface area contributed by atoms with Crippen molar-refractivity contribution in [3.63, 3.8) is 0 Å². The van der Waals surface area contributed by atoms with Crippen molar-refractivity contribution in [1.29, 1.82) is 0 Å². The van der Waals surface area contributed by atoms with Gasteiger partial charge in [-0.25, -0.2) is 0 Å². The van der Waals surface area contributed by atoms with Crippen LogP contribution in [0.3, 0.4) is 0 Å². The van der Waals surface area contributed by atoms with Crippen LogP contribution in [0.15, 0.2) is 48.5 Å². The van der Waals surface area contributed by atoms with Crippen LogP contribution in [0.4, 0.5) is 0 Å². The van der Waals surface area contributed by atoms with Crippen LogP contribution in [0.2, 0.25) is 0 Å². The number of amides is 1. The van der Waals surface area contributed by atoms with E-state index in [1.165, 1.54) is 0 Å². The summed E-state index contributed by atoms with van der Waals surface area (Å²) >= 11 is 0. The third kappa shape index (κ3) is 3.89. The summed E-state index contributed by atoms with van der Waals surface area (Å²) in [5.74, 6) is 0.455. The molecular weight excluding hydrogens is 330 g/mol. The predicted octanol–water partition coefficient (Wildman–Crippen LogP) is 1.94. The topological polar surface area (TPSA) is 78.8 Å². The summed E-state index contributed by atoms with van der Waals surface area (Å²) in [6.07, 6.45) is -1.17. The standard InChI is InChI=1S/C21H25NO4/c1-13-5-3-4-6-16(13)17-12-18(23)21(25)20(17)22-19(24)11-14-7-9-15(26-2)10-8-14/h3-10,17-18,20-21,23,25H,11-12H2,1-2H3,(H,22,24)/t17-,18-,20-,21-/m1/s1. The number of nitrogens with one attached hydrogen (secondary N) is 1. The highest BCUT2D eigenvalue weighted by atomic mass is 16.5. The first-order chi connectivity index (χ1) is 12.5. The Labute approximate surface area is 153 Å². The Hall–Kier alpha value is -2.37. The maximum absolute atomic E-state index is 12.5. The Balaban J connectivity index is 1.72. The smallest absolute Gasteiger partial charge is 0.224 e. The van der Waals surface area contributed by atoms with Crippen LogP contribution in [0, 0.1) is 6.92 Å². The highest BCUT2D eigenvalue weighted by molar-refractivity contribution is 5.79. The first kappa shape index (κ1) is 18.4. The number of aliphatic hydroxyl groups excluding tert-OH is 2. The molecule has 1 fully saturated rings. The number of hydrogen-bond acceptors (Lipinski definition) is 4.